The highest BCUT2D eigenvalue weighted by Gasteiger charge is 2.45. The molecule has 16 atom stereocenters. The molecule has 0 saturated carbocycles. The summed E-state index contributed by atoms with van der Waals surface area (Å²) in [5, 5.41) is 115. The number of amides is 17. The van der Waals surface area contributed by atoms with Crippen LogP contribution in [0.15, 0.2) is 66.7 Å². The number of carbonyl (C=O) groups is 18. The van der Waals surface area contributed by atoms with Crippen LogP contribution in [0.2, 0.25) is 0 Å². The summed E-state index contributed by atoms with van der Waals surface area (Å²) >= 11 is 0. The average molecular weight is 2070 g/mol. The number of aromatic hydroxyl groups is 1. The van der Waals surface area contributed by atoms with Gasteiger partial charge in [0.05, 0.1) is 6.10 Å². The molecule has 1 aliphatic heterocycles. The third-order valence-electron chi connectivity index (χ3n) is 23.9. The van der Waals surface area contributed by atoms with Gasteiger partial charge in [0.25, 0.3) is 0 Å². The van der Waals surface area contributed by atoms with Gasteiger partial charge in [-0.3, -0.25) is 108 Å². The number of carboxylic acids is 1. The minimum atomic E-state index is -2.08. The Morgan fingerprint density at radius 1 is 0.463 bits per heavy atom. The fourth-order valence-corrected chi connectivity index (χ4v) is 15.6. The number of benzene rings is 2. The van der Waals surface area contributed by atoms with E-state index in [-0.39, 0.29) is 198 Å². The molecule has 147 heavy (non-hydrogen) atoms. The van der Waals surface area contributed by atoms with Crippen molar-refractivity contribution in [2.75, 3.05) is 39.3 Å². The molecule has 0 aliphatic carbocycles. The van der Waals surface area contributed by atoms with Gasteiger partial charge in [-0.15, -0.1) is 0 Å². The van der Waals surface area contributed by atoms with Gasteiger partial charge in [0.15, 0.2) is 23.8 Å². The molecule has 0 spiro atoms. The van der Waals surface area contributed by atoms with E-state index in [4.69, 9.17) is 56.0 Å². The number of aliphatic hydroxyl groups is 1. The Bertz CT molecular complexity index is 4760. The van der Waals surface area contributed by atoms with Gasteiger partial charge in [-0.2, -0.15) is 0 Å². The van der Waals surface area contributed by atoms with Gasteiger partial charge in [0.1, 0.15) is 95.4 Å². The molecule has 1 heterocycles. The maximum Gasteiger partial charge on any atom is 0.303 e. The first-order chi connectivity index (χ1) is 69.3. The number of hydrogen-bond donors (Lipinski definition) is 33. The second-order valence-corrected chi connectivity index (χ2v) is 37.8. The predicted molar refractivity (Wildman–Crippen MR) is 547 cm³/mol. The van der Waals surface area contributed by atoms with Crippen molar-refractivity contribution in [1.29, 1.82) is 21.6 Å². The number of nitrogens with two attached hydrogens (primary N) is 6. The summed E-state index contributed by atoms with van der Waals surface area (Å²) in [6.07, 6.45) is 0.474. The zero-order valence-corrected chi connectivity index (χ0v) is 85.9. The van der Waals surface area contributed by atoms with Crippen molar-refractivity contribution in [3.05, 3.63) is 77.9 Å². The Labute approximate surface area is 857 Å². The molecule has 820 valence electrons. The number of aliphatic carboxylic acids is 1. The van der Waals surface area contributed by atoms with Crippen LogP contribution in [-0.2, 0) is 99.1 Å². The number of carbonyl (C=O) groups excluding carboxylic acids is 17. The smallest absolute Gasteiger partial charge is 0.303 e. The molecule has 0 aromatic heterocycles. The number of rotatable bonds is 59. The molecule has 0 unspecified atom stereocenters. The van der Waals surface area contributed by atoms with E-state index >= 15 is 28.8 Å². The van der Waals surface area contributed by atoms with Crippen LogP contribution in [0.4, 0.5) is 0 Å². The van der Waals surface area contributed by atoms with Crippen molar-refractivity contribution >= 4 is 130 Å². The Kier molecular flexibility index (Phi) is 57.2. The van der Waals surface area contributed by atoms with Gasteiger partial charge in [-0.05, 0) is 198 Å². The molecule has 0 bridgehead atoms. The van der Waals surface area contributed by atoms with Crippen molar-refractivity contribution in [2.24, 2.45) is 46.2 Å². The summed E-state index contributed by atoms with van der Waals surface area (Å²) in [5.74, 6) is -19.8. The van der Waals surface area contributed by atoms with Crippen LogP contribution >= 0.6 is 0 Å². The number of allylic oxidation sites excluding steroid dienone is 2. The number of carboxylic acid groups (broad SMARTS) is 1. The molecule has 17 amide bonds. The summed E-state index contributed by atoms with van der Waals surface area (Å²) in [5.41, 5.74) is 30.8. The van der Waals surface area contributed by atoms with E-state index in [0.29, 0.717) is 24.0 Å². The largest absolute Gasteiger partial charge is 0.508 e. The number of nitrogens with one attached hydrogen (secondary N) is 24. The third-order valence-corrected chi connectivity index (χ3v) is 23.9. The minimum Gasteiger partial charge on any atom is -0.508 e. The molecule has 39 N–H and O–H groups in total. The Balaban J connectivity index is 2.20. The zero-order valence-electron chi connectivity index (χ0n) is 85.9. The van der Waals surface area contributed by atoms with Crippen LogP contribution in [0.5, 0.6) is 5.75 Å². The zero-order chi connectivity index (χ0) is 110. The summed E-state index contributed by atoms with van der Waals surface area (Å²) in [4.78, 5) is 257. The lowest BCUT2D eigenvalue weighted by molar-refractivity contribution is -0.140. The molecule has 3 rings (SSSR count). The minimum absolute atomic E-state index is 0.00845. The molecule has 51 heteroatoms. The molecule has 2 aromatic rings. The van der Waals surface area contributed by atoms with Crippen LogP contribution in [-0.4, -0.2) is 281 Å². The summed E-state index contributed by atoms with van der Waals surface area (Å²) in [6.45, 7) is 14.9. The molecule has 1 aliphatic rings. The molecular weight excluding hydrogens is 1910 g/mol. The van der Waals surface area contributed by atoms with Crippen LogP contribution in [0.3, 0.4) is 0 Å². The molecule has 0 fully saturated rings. The monoisotopic (exact) mass is 2070 g/mol. The first kappa shape index (κ1) is 127. The van der Waals surface area contributed by atoms with E-state index in [1.165, 1.54) is 52.0 Å². The highest BCUT2D eigenvalue weighted by atomic mass is 16.4. The Morgan fingerprint density at radius 3 is 1.35 bits per heavy atom. The Hall–Kier alpha value is -14.6. The number of guanidine groups is 4. The topological polar surface area (TPSA) is 860 Å². The van der Waals surface area contributed by atoms with Crippen LogP contribution < -0.4 is 141 Å². The number of unbranched alkanes of at least 4 members (excludes halogenated alkanes) is 2. The maximum absolute atomic E-state index is 15.4. The lowest BCUT2D eigenvalue weighted by atomic mass is 9.90. The molecule has 51 nitrogen and oxygen atoms in total. The van der Waals surface area contributed by atoms with Gasteiger partial charge in [0.2, 0.25) is 100 Å². The SMILES string of the molecule is CCCC[C@H](NC(=O)[C@H](CCC(=O)O)NC(=O)[C@H](CCCNC(=N)N)NC(=O)[C@H](Cc1ccc(O)cc1)NC(=O)[C@H](CCCCN)NC(=O)[C@H](C)NC(=O)[C@]1(C)CCC/C=C\CCC[C@](C)(NC(=O)[C@@H](NC(=O)[C@H](CCCNC(=N)N)NC(=O)[C@H](Cc2ccccc2)NC(=O)CCNC(C)=O)C(C)C)C(=O)N[C@@H](CCCNC(=N)N)C(=O)N[C@@H](CCCNC(=N)N)C(=O)N[C@@H]([C@@H](C)O)C(=O)N1)C(=O)N[C@@H](CC(C)C)C(N)=O. The van der Waals surface area contributed by atoms with Gasteiger partial charge in [-0.1, -0.05) is 102 Å². The quantitative estimate of drug-likeness (QED) is 0.0128. The normalized spacial score (nSPS) is 18.7. The van der Waals surface area contributed by atoms with E-state index in [0.717, 1.165) is 6.92 Å². The summed E-state index contributed by atoms with van der Waals surface area (Å²) in [6, 6.07) is -5.88. The number of primary amides is 1. The number of aliphatic hydroxyl groups excluding tert-OH is 1. The lowest BCUT2D eigenvalue weighted by Gasteiger charge is -2.34. The van der Waals surface area contributed by atoms with E-state index in [1.54, 1.807) is 70.2 Å². The lowest BCUT2D eigenvalue weighted by Crippen LogP contribution is -2.66. The van der Waals surface area contributed by atoms with E-state index in [2.05, 4.69) is 106 Å². The fourth-order valence-electron chi connectivity index (χ4n) is 15.6. The van der Waals surface area contributed by atoms with E-state index in [9.17, 15) is 72.9 Å². The first-order valence-electron chi connectivity index (χ1n) is 49.8. The van der Waals surface area contributed by atoms with Crippen molar-refractivity contribution in [3.8, 4) is 5.75 Å². The van der Waals surface area contributed by atoms with Crippen LogP contribution in [0, 0.1) is 33.5 Å². The number of phenols is 1. The van der Waals surface area contributed by atoms with Gasteiger partial charge in [0, 0.05) is 65.3 Å². The van der Waals surface area contributed by atoms with Crippen molar-refractivity contribution < 1.29 is 102 Å². The molecule has 2 aromatic carbocycles. The van der Waals surface area contributed by atoms with Gasteiger partial charge in [-0.25, -0.2) is 0 Å². The highest BCUT2D eigenvalue weighted by Crippen LogP contribution is 2.23. The van der Waals surface area contributed by atoms with E-state index in [1.807, 2.05) is 6.92 Å². The Morgan fingerprint density at radius 2 is 0.891 bits per heavy atom. The van der Waals surface area contributed by atoms with Gasteiger partial charge < -0.3 is 156 Å². The number of phenolic OH excluding ortho intramolecular Hbond substituents is 1. The van der Waals surface area contributed by atoms with Crippen LogP contribution in [0.25, 0.3) is 0 Å². The predicted octanol–water partition coefficient (Wildman–Crippen LogP) is -4.51. The molecular formula is C96H160N30O21. The second kappa shape index (κ2) is 66.5. The van der Waals surface area contributed by atoms with Crippen molar-refractivity contribution in [1.82, 2.24) is 106 Å². The van der Waals surface area contributed by atoms with Gasteiger partial charge >= 0.3 is 5.97 Å². The van der Waals surface area contributed by atoms with Crippen LogP contribution in [0.1, 0.15) is 234 Å². The maximum atomic E-state index is 15.4. The summed E-state index contributed by atoms with van der Waals surface area (Å²) < 4.78 is 0. The third kappa shape index (κ3) is 49.7. The first-order valence-corrected chi connectivity index (χ1v) is 49.8. The standard InChI is InChI=1S/C96H160N30O21/c1-11-12-30-62(79(136)120-69(76(98)133)51-54(2)3)115-82(139)68(40-41-73(131)132)119-78(135)64(32-24-46-108-91(99)100)117-86(143)71(53-60-36-38-61(129)39-37-60)121-80(137)63(31-20-23-45-97)114-77(134)56(6)112-89(146)95(9)43-21-15-13-14-16-22-44-96(10,90(147)122-67(35-27-49-111-94(105)106)81(138)116-66(34-26-48-110-93(103)104)84(141)124-75(57(7)127)88(145)126-95)125-87(144)74(55(4)5)123-83(140)65(33-25-47-109-92(101)102)118-85(142)70(52-59-28-18-17-19-29-59)113-72(130)42-50-107-58(8)128/h13-14,17-19,28-29,36-39,54-57,62-71,74-75,127,129H,11-12,15-16,20-27,30-35,40-53,97H2,1-10H3,(H2,98,133)(H,107,128)(H,112,146)(H,113,130)(H,114,134)(H,115,139)(H,116,138)(H,117,143)(H,118,142)(H,119,135)(H,120,136)(H,121,137)(H,122,147)(H,123,140)(H,124,141)(H,125,144)(H,126,145)(H,131,132)(H4,99,100,108)(H4,101,102,109)(H4,103,104,110)(H4,105,106,111)/b14-13-/t56-,57+,62-,63-,64-,65-,66-,67-,68-,69-,70-,71-,74-,75-,95-,96-/m0/s1. The highest BCUT2D eigenvalue weighted by molar-refractivity contribution is 6.02. The summed E-state index contributed by atoms with van der Waals surface area (Å²) in [7, 11) is 0. The second-order valence-electron chi connectivity index (χ2n) is 37.8. The average Bonchev–Trinajstić information content (AvgIpc) is 1.41. The molecule has 0 saturated heterocycles. The van der Waals surface area contributed by atoms with Crippen molar-refractivity contribution in [3.63, 3.8) is 0 Å². The van der Waals surface area contributed by atoms with E-state index < -0.39 is 239 Å². The fraction of sp³-hybridized carbons (Fsp3) is 0.625. The number of hydrogen-bond acceptors (Lipinski definition) is 25. The molecule has 0 radical (unpaired) electrons. The van der Waals surface area contributed by atoms with Crippen molar-refractivity contribution in [2.45, 2.75) is 332 Å².